The molecule has 1 atom stereocenters. The van der Waals surface area contributed by atoms with Crippen LogP contribution >= 0.6 is 11.6 Å². The van der Waals surface area contributed by atoms with E-state index < -0.39 is 9.84 Å². The van der Waals surface area contributed by atoms with E-state index in [-0.39, 0.29) is 28.4 Å². The molecule has 0 aliphatic carbocycles. The fourth-order valence-corrected chi connectivity index (χ4v) is 3.80. The van der Waals surface area contributed by atoms with Crippen molar-refractivity contribution in [3.8, 4) is 0 Å². The van der Waals surface area contributed by atoms with Crippen molar-refractivity contribution < 1.29 is 18.3 Å². The standard InChI is InChI=1S/C14H18ClNO4S/c1-21(19,20)13-7-11(4-5-12(13)15)14(18)16-6-2-3-10(8-16)9-17/h4-5,7,10,17H,2-3,6,8-9H2,1H3. The number of likely N-dealkylation sites (tertiary alicyclic amines) is 1. The van der Waals surface area contributed by atoms with Crippen molar-refractivity contribution in [2.45, 2.75) is 17.7 Å². The van der Waals surface area contributed by atoms with E-state index in [1.54, 1.807) is 4.90 Å². The monoisotopic (exact) mass is 331 g/mol. The van der Waals surface area contributed by atoms with Crippen LogP contribution in [0.25, 0.3) is 0 Å². The van der Waals surface area contributed by atoms with Crippen molar-refractivity contribution in [2.75, 3.05) is 26.0 Å². The van der Waals surface area contributed by atoms with Crippen molar-refractivity contribution in [1.29, 1.82) is 0 Å². The van der Waals surface area contributed by atoms with Gasteiger partial charge in [-0.2, -0.15) is 0 Å². The summed E-state index contributed by atoms with van der Waals surface area (Å²) in [6, 6.07) is 4.28. The molecule has 1 aliphatic rings. The normalized spacial score (nSPS) is 19.6. The predicted octanol–water partition coefficient (Wildman–Crippen LogP) is 1.59. The average molecular weight is 332 g/mol. The lowest BCUT2D eigenvalue weighted by molar-refractivity contribution is 0.0620. The number of sulfone groups is 1. The van der Waals surface area contributed by atoms with Gasteiger partial charge in [-0.3, -0.25) is 4.79 Å². The molecule has 1 aliphatic heterocycles. The second-order valence-corrected chi connectivity index (χ2v) is 7.75. The highest BCUT2D eigenvalue weighted by molar-refractivity contribution is 7.90. The smallest absolute Gasteiger partial charge is 0.253 e. The van der Waals surface area contributed by atoms with Gasteiger partial charge in [-0.1, -0.05) is 11.6 Å². The van der Waals surface area contributed by atoms with Crippen LogP contribution in [0, 0.1) is 5.92 Å². The minimum absolute atomic E-state index is 0.0364. The Labute approximate surface area is 129 Å². The number of aliphatic hydroxyl groups excluding tert-OH is 1. The molecule has 1 saturated heterocycles. The molecule has 1 heterocycles. The van der Waals surface area contributed by atoms with Crippen LogP contribution in [0.5, 0.6) is 0 Å². The number of halogens is 1. The van der Waals surface area contributed by atoms with Crippen LogP contribution in [0.15, 0.2) is 23.1 Å². The molecule has 2 rings (SSSR count). The number of carbonyl (C=O) groups is 1. The quantitative estimate of drug-likeness (QED) is 0.912. The first kappa shape index (κ1) is 16.3. The molecule has 1 fully saturated rings. The van der Waals surface area contributed by atoms with Crippen LogP contribution in [-0.4, -0.2) is 50.3 Å². The van der Waals surface area contributed by atoms with E-state index in [0.717, 1.165) is 19.1 Å². The summed E-state index contributed by atoms with van der Waals surface area (Å²) in [6.07, 6.45) is 2.80. The summed E-state index contributed by atoms with van der Waals surface area (Å²) in [5.74, 6) is -0.140. The van der Waals surface area contributed by atoms with Crippen LogP contribution in [-0.2, 0) is 9.84 Å². The number of benzene rings is 1. The summed E-state index contributed by atoms with van der Waals surface area (Å²) < 4.78 is 23.3. The molecule has 0 aromatic heterocycles. The van der Waals surface area contributed by atoms with E-state index in [1.807, 2.05) is 0 Å². The van der Waals surface area contributed by atoms with Crippen LogP contribution in [0.1, 0.15) is 23.2 Å². The molecule has 21 heavy (non-hydrogen) atoms. The molecule has 0 radical (unpaired) electrons. The minimum atomic E-state index is -3.48. The number of aliphatic hydroxyl groups is 1. The molecular weight excluding hydrogens is 314 g/mol. The number of rotatable bonds is 3. The van der Waals surface area contributed by atoms with E-state index in [1.165, 1.54) is 18.2 Å². The third-order valence-corrected chi connectivity index (χ3v) is 5.22. The number of hydrogen-bond donors (Lipinski definition) is 1. The molecule has 0 spiro atoms. The topological polar surface area (TPSA) is 74.7 Å². The van der Waals surface area contributed by atoms with E-state index in [0.29, 0.717) is 18.7 Å². The summed E-state index contributed by atoms with van der Waals surface area (Å²) in [6.45, 7) is 1.16. The zero-order valence-electron chi connectivity index (χ0n) is 11.8. The molecule has 0 saturated carbocycles. The molecule has 116 valence electrons. The summed E-state index contributed by atoms with van der Waals surface area (Å²) in [5, 5.41) is 9.33. The Kier molecular flexibility index (Phi) is 4.91. The Morgan fingerprint density at radius 1 is 1.48 bits per heavy atom. The predicted molar refractivity (Wildman–Crippen MR) is 80.3 cm³/mol. The van der Waals surface area contributed by atoms with Crippen molar-refractivity contribution in [1.82, 2.24) is 4.90 Å². The SMILES string of the molecule is CS(=O)(=O)c1cc(C(=O)N2CCCC(CO)C2)ccc1Cl. The lowest BCUT2D eigenvalue weighted by Gasteiger charge is -2.32. The third kappa shape index (κ3) is 3.75. The van der Waals surface area contributed by atoms with Crippen LogP contribution in [0.3, 0.4) is 0 Å². The minimum Gasteiger partial charge on any atom is -0.396 e. The Hall–Kier alpha value is -1.11. The maximum atomic E-state index is 12.5. The van der Waals surface area contributed by atoms with Gasteiger partial charge in [-0.05, 0) is 37.0 Å². The van der Waals surface area contributed by atoms with Gasteiger partial charge in [0, 0.05) is 31.5 Å². The molecule has 1 amide bonds. The van der Waals surface area contributed by atoms with Crippen LogP contribution in [0.4, 0.5) is 0 Å². The van der Waals surface area contributed by atoms with Gasteiger partial charge in [0.25, 0.3) is 5.91 Å². The maximum Gasteiger partial charge on any atom is 0.253 e. The molecule has 1 N–H and O–H groups in total. The second-order valence-electron chi connectivity index (χ2n) is 5.36. The molecule has 5 nitrogen and oxygen atoms in total. The van der Waals surface area contributed by atoms with E-state index in [9.17, 15) is 18.3 Å². The summed E-state index contributed by atoms with van der Waals surface area (Å²) in [5.41, 5.74) is 0.304. The first-order chi connectivity index (χ1) is 9.82. The molecule has 1 aromatic rings. The van der Waals surface area contributed by atoms with Gasteiger partial charge in [0.1, 0.15) is 0 Å². The van der Waals surface area contributed by atoms with Crippen molar-refractivity contribution in [3.63, 3.8) is 0 Å². The number of hydrogen-bond acceptors (Lipinski definition) is 4. The molecule has 1 unspecified atom stereocenters. The van der Waals surface area contributed by atoms with E-state index in [4.69, 9.17) is 11.6 Å². The highest BCUT2D eigenvalue weighted by Gasteiger charge is 2.25. The fraction of sp³-hybridized carbons (Fsp3) is 0.500. The van der Waals surface area contributed by atoms with Gasteiger partial charge >= 0.3 is 0 Å². The third-order valence-electron chi connectivity index (χ3n) is 3.64. The number of amides is 1. The number of carbonyl (C=O) groups excluding carboxylic acids is 1. The summed E-state index contributed by atoms with van der Waals surface area (Å²) in [4.78, 5) is 14.1. The molecule has 0 bridgehead atoms. The van der Waals surface area contributed by atoms with Crippen molar-refractivity contribution >= 4 is 27.3 Å². The molecule has 1 aromatic carbocycles. The second kappa shape index (κ2) is 6.34. The van der Waals surface area contributed by atoms with Crippen molar-refractivity contribution in [2.24, 2.45) is 5.92 Å². The first-order valence-corrected chi connectivity index (χ1v) is 8.99. The lowest BCUT2D eigenvalue weighted by atomic mass is 9.98. The van der Waals surface area contributed by atoms with Crippen LogP contribution < -0.4 is 0 Å². The van der Waals surface area contributed by atoms with Crippen LogP contribution in [0.2, 0.25) is 5.02 Å². The molecule has 7 heteroatoms. The first-order valence-electron chi connectivity index (χ1n) is 6.72. The number of nitrogens with zero attached hydrogens (tertiary/aromatic N) is 1. The summed E-state index contributed by atoms with van der Waals surface area (Å²) >= 11 is 5.88. The zero-order valence-corrected chi connectivity index (χ0v) is 13.3. The van der Waals surface area contributed by atoms with Crippen molar-refractivity contribution in [3.05, 3.63) is 28.8 Å². The van der Waals surface area contributed by atoms with Gasteiger partial charge in [0.2, 0.25) is 0 Å². The lowest BCUT2D eigenvalue weighted by Crippen LogP contribution is -2.41. The zero-order chi connectivity index (χ0) is 15.6. The number of piperidine rings is 1. The van der Waals surface area contributed by atoms with Gasteiger partial charge in [-0.25, -0.2) is 8.42 Å². The summed E-state index contributed by atoms with van der Waals surface area (Å²) in [7, 11) is -3.48. The average Bonchev–Trinajstić information content (AvgIpc) is 2.46. The Balaban J connectivity index is 2.28. The van der Waals surface area contributed by atoms with Gasteiger partial charge in [0.05, 0.1) is 9.92 Å². The van der Waals surface area contributed by atoms with Gasteiger partial charge < -0.3 is 10.0 Å². The fourth-order valence-electron chi connectivity index (χ4n) is 2.50. The maximum absolute atomic E-state index is 12.5. The Bertz CT molecular complexity index is 644. The van der Waals surface area contributed by atoms with E-state index >= 15 is 0 Å². The largest absolute Gasteiger partial charge is 0.396 e. The Morgan fingerprint density at radius 3 is 2.81 bits per heavy atom. The molecular formula is C14H18ClNO4S. The van der Waals surface area contributed by atoms with Gasteiger partial charge in [-0.15, -0.1) is 0 Å². The van der Waals surface area contributed by atoms with E-state index in [2.05, 4.69) is 0 Å². The highest BCUT2D eigenvalue weighted by atomic mass is 35.5. The highest BCUT2D eigenvalue weighted by Crippen LogP contribution is 2.24. The Morgan fingerprint density at radius 2 is 2.19 bits per heavy atom. The van der Waals surface area contributed by atoms with Gasteiger partial charge in [0.15, 0.2) is 9.84 Å².